The van der Waals surface area contributed by atoms with Crippen molar-refractivity contribution in [2.24, 2.45) is 0 Å². The molecular weight excluding hydrogens is 313 g/mol. The molecule has 0 unspecified atom stereocenters. The smallest absolute Gasteiger partial charge is 0.318 e. The molecule has 2 atom stereocenters. The first-order valence-corrected chi connectivity index (χ1v) is 8.98. The van der Waals surface area contributed by atoms with E-state index in [1.807, 2.05) is 11.9 Å². The number of likely N-dealkylation sites (N-methyl/N-ethyl adjacent to an activating group) is 1. The Labute approximate surface area is 129 Å². The summed E-state index contributed by atoms with van der Waals surface area (Å²) in [6, 6.07) is 0.267. The van der Waals surface area contributed by atoms with Crippen LogP contribution in [0.1, 0.15) is 12.3 Å². The summed E-state index contributed by atoms with van der Waals surface area (Å²) in [7, 11) is -1.32. The number of alkyl halides is 1. The molecule has 0 bridgehead atoms. The third-order valence-corrected chi connectivity index (χ3v) is 4.23. The number of anilines is 1. The summed E-state index contributed by atoms with van der Waals surface area (Å²) in [6.45, 7) is 3.38. The Hall–Kier alpha value is -1.26. The number of rotatable bonds is 7. The van der Waals surface area contributed by atoms with E-state index in [0.717, 1.165) is 6.26 Å². The van der Waals surface area contributed by atoms with Gasteiger partial charge in [-0.05, 0) is 7.05 Å². The molecule has 22 heavy (non-hydrogen) atoms. The summed E-state index contributed by atoms with van der Waals surface area (Å²) < 4.78 is 43.6. The average Bonchev–Trinajstić information content (AvgIpc) is 2.94. The number of hydrogen-bond donors (Lipinski definition) is 1. The number of sulfonamides is 1. The SMILES string of the molecule is Cc1nnc(N2C[C@@H](F)C[C@H]2CN(C)CCNS(C)(=O)=O)o1. The standard InChI is InChI=1S/C12H22FN5O3S/c1-9-15-16-12(21-9)18-7-10(13)6-11(18)8-17(2)5-4-14-22(3,19)20/h10-11,14H,4-8H2,1-3H3/t10-,11-/m0/s1. The zero-order chi connectivity index (χ0) is 16.3. The minimum atomic E-state index is -3.19. The van der Waals surface area contributed by atoms with Gasteiger partial charge in [-0.3, -0.25) is 0 Å². The Balaban J connectivity index is 1.89. The lowest BCUT2D eigenvalue weighted by Gasteiger charge is -2.26. The predicted molar refractivity (Wildman–Crippen MR) is 80.0 cm³/mol. The van der Waals surface area contributed by atoms with Crippen LogP contribution >= 0.6 is 0 Å². The minimum Gasteiger partial charge on any atom is -0.408 e. The van der Waals surface area contributed by atoms with Crippen molar-refractivity contribution in [2.75, 3.05) is 44.4 Å². The van der Waals surface area contributed by atoms with Crippen LogP contribution in [-0.2, 0) is 10.0 Å². The summed E-state index contributed by atoms with van der Waals surface area (Å²) >= 11 is 0. The van der Waals surface area contributed by atoms with Gasteiger partial charge in [0.25, 0.3) is 0 Å². The molecule has 0 amide bonds. The van der Waals surface area contributed by atoms with Crippen LogP contribution in [0.5, 0.6) is 0 Å². The van der Waals surface area contributed by atoms with Crippen molar-refractivity contribution < 1.29 is 17.2 Å². The van der Waals surface area contributed by atoms with Crippen molar-refractivity contribution in [3.8, 4) is 0 Å². The summed E-state index contributed by atoms with van der Waals surface area (Å²) in [6.07, 6.45) is 0.586. The Morgan fingerprint density at radius 1 is 1.50 bits per heavy atom. The normalized spacial score (nSPS) is 22.7. The lowest BCUT2D eigenvalue weighted by atomic mass is 10.2. The van der Waals surface area contributed by atoms with E-state index in [1.165, 1.54) is 0 Å². The first kappa shape index (κ1) is 17.1. The van der Waals surface area contributed by atoms with Crippen LogP contribution in [0.25, 0.3) is 0 Å². The molecule has 0 radical (unpaired) electrons. The average molecular weight is 335 g/mol. The number of halogens is 1. The fraction of sp³-hybridized carbons (Fsp3) is 0.833. The molecule has 0 spiro atoms. The molecule has 1 aliphatic heterocycles. The van der Waals surface area contributed by atoms with E-state index in [9.17, 15) is 12.8 Å². The summed E-state index contributed by atoms with van der Waals surface area (Å²) in [5, 5.41) is 7.72. The fourth-order valence-corrected chi connectivity index (χ4v) is 3.00. The molecule has 0 aliphatic carbocycles. The number of hydrogen-bond acceptors (Lipinski definition) is 7. The van der Waals surface area contributed by atoms with Crippen LogP contribution in [0.2, 0.25) is 0 Å². The van der Waals surface area contributed by atoms with Gasteiger partial charge in [-0.15, -0.1) is 5.10 Å². The van der Waals surface area contributed by atoms with Gasteiger partial charge in [0, 0.05) is 39.0 Å². The second-order valence-electron chi connectivity index (χ2n) is 5.67. The second kappa shape index (κ2) is 6.88. The van der Waals surface area contributed by atoms with Gasteiger partial charge in [0.2, 0.25) is 15.9 Å². The number of nitrogens with one attached hydrogen (secondary N) is 1. The highest BCUT2D eigenvalue weighted by molar-refractivity contribution is 7.88. The topological polar surface area (TPSA) is 91.6 Å². The first-order chi connectivity index (χ1) is 10.2. The van der Waals surface area contributed by atoms with Gasteiger partial charge in [-0.2, -0.15) is 0 Å². The van der Waals surface area contributed by atoms with Crippen LogP contribution in [0.3, 0.4) is 0 Å². The summed E-state index contributed by atoms with van der Waals surface area (Å²) in [5.41, 5.74) is 0. The van der Waals surface area contributed by atoms with Gasteiger partial charge in [-0.1, -0.05) is 5.10 Å². The number of aromatic nitrogens is 2. The van der Waals surface area contributed by atoms with Crippen LogP contribution in [0.15, 0.2) is 4.42 Å². The van der Waals surface area contributed by atoms with Crippen molar-refractivity contribution in [1.29, 1.82) is 0 Å². The molecule has 1 N–H and O–H groups in total. The Morgan fingerprint density at radius 2 is 2.23 bits per heavy atom. The molecule has 1 aromatic heterocycles. The second-order valence-corrected chi connectivity index (χ2v) is 7.50. The third-order valence-electron chi connectivity index (χ3n) is 3.50. The van der Waals surface area contributed by atoms with Gasteiger partial charge in [0.05, 0.1) is 12.8 Å². The predicted octanol–water partition coefficient (Wildman–Crippen LogP) is -0.224. The van der Waals surface area contributed by atoms with E-state index >= 15 is 0 Å². The first-order valence-electron chi connectivity index (χ1n) is 7.08. The van der Waals surface area contributed by atoms with Gasteiger partial charge in [0.1, 0.15) is 6.17 Å². The quantitative estimate of drug-likeness (QED) is 0.736. The lowest BCUT2D eigenvalue weighted by Crippen LogP contribution is -2.41. The molecule has 1 saturated heterocycles. The van der Waals surface area contributed by atoms with Crippen LogP contribution in [0.4, 0.5) is 10.4 Å². The number of aryl methyl sites for hydroxylation is 1. The van der Waals surface area contributed by atoms with Crippen LogP contribution in [0, 0.1) is 6.92 Å². The van der Waals surface area contributed by atoms with Crippen LogP contribution in [-0.4, -0.2) is 75.2 Å². The fourth-order valence-electron chi connectivity index (χ4n) is 2.54. The molecule has 1 aromatic rings. The maximum Gasteiger partial charge on any atom is 0.318 e. The monoisotopic (exact) mass is 335 g/mol. The Bertz CT molecular complexity index is 593. The highest BCUT2D eigenvalue weighted by Crippen LogP contribution is 2.26. The largest absolute Gasteiger partial charge is 0.408 e. The zero-order valence-corrected chi connectivity index (χ0v) is 13.8. The maximum absolute atomic E-state index is 13.7. The Morgan fingerprint density at radius 3 is 2.82 bits per heavy atom. The van der Waals surface area contributed by atoms with Gasteiger partial charge < -0.3 is 14.2 Å². The van der Waals surface area contributed by atoms with Crippen molar-refractivity contribution >= 4 is 16.0 Å². The highest BCUT2D eigenvalue weighted by Gasteiger charge is 2.35. The van der Waals surface area contributed by atoms with Crippen LogP contribution < -0.4 is 9.62 Å². The minimum absolute atomic E-state index is 0.0712. The summed E-state index contributed by atoms with van der Waals surface area (Å²) in [4.78, 5) is 3.74. The molecule has 8 nitrogen and oxygen atoms in total. The molecular formula is C12H22FN5O3S. The molecule has 1 fully saturated rings. The molecule has 0 saturated carbocycles. The molecule has 1 aliphatic rings. The summed E-state index contributed by atoms with van der Waals surface area (Å²) in [5.74, 6) is 0.446. The van der Waals surface area contributed by atoms with Gasteiger partial charge >= 0.3 is 6.01 Å². The van der Waals surface area contributed by atoms with Gasteiger partial charge in [0.15, 0.2) is 0 Å². The van der Waals surface area contributed by atoms with E-state index in [-0.39, 0.29) is 12.6 Å². The van der Waals surface area contributed by atoms with Crippen molar-refractivity contribution in [3.63, 3.8) is 0 Å². The Kier molecular flexibility index (Phi) is 5.35. The number of nitrogens with zero attached hydrogens (tertiary/aromatic N) is 4. The molecule has 0 aromatic carbocycles. The molecule has 126 valence electrons. The molecule has 2 heterocycles. The van der Waals surface area contributed by atoms with Gasteiger partial charge in [-0.25, -0.2) is 17.5 Å². The van der Waals surface area contributed by atoms with E-state index in [0.29, 0.717) is 38.0 Å². The third kappa shape index (κ3) is 4.89. The molecule has 2 rings (SSSR count). The van der Waals surface area contributed by atoms with E-state index < -0.39 is 16.2 Å². The molecule has 10 heteroatoms. The van der Waals surface area contributed by atoms with E-state index in [4.69, 9.17) is 4.42 Å². The van der Waals surface area contributed by atoms with E-state index in [1.54, 1.807) is 11.8 Å². The maximum atomic E-state index is 13.7. The van der Waals surface area contributed by atoms with Crippen molar-refractivity contribution in [2.45, 2.75) is 25.6 Å². The lowest BCUT2D eigenvalue weighted by molar-refractivity contribution is 0.297. The highest BCUT2D eigenvalue weighted by atomic mass is 32.2. The van der Waals surface area contributed by atoms with E-state index in [2.05, 4.69) is 14.9 Å². The zero-order valence-electron chi connectivity index (χ0n) is 13.0. The van der Waals surface area contributed by atoms with Crippen molar-refractivity contribution in [3.05, 3.63) is 5.89 Å². The van der Waals surface area contributed by atoms with Crippen molar-refractivity contribution in [1.82, 2.24) is 19.8 Å².